The van der Waals surface area contributed by atoms with Crippen molar-refractivity contribution in [1.29, 1.82) is 0 Å². The van der Waals surface area contributed by atoms with Gasteiger partial charge in [-0.2, -0.15) is 0 Å². The van der Waals surface area contributed by atoms with Crippen LogP contribution >= 0.6 is 0 Å². The van der Waals surface area contributed by atoms with Crippen molar-refractivity contribution in [2.24, 2.45) is 0 Å². The summed E-state index contributed by atoms with van der Waals surface area (Å²) < 4.78 is 0. The van der Waals surface area contributed by atoms with Crippen LogP contribution in [-0.4, -0.2) is 30.1 Å². The predicted octanol–water partition coefficient (Wildman–Crippen LogP) is 0.423. The quantitative estimate of drug-likeness (QED) is 0.543. The van der Waals surface area contributed by atoms with Gasteiger partial charge in [-0.25, -0.2) is 4.79 Å². The van der Waals surface area contributed by atoms with E-state index in [1.165, 1.54) is 0 Å². The molecule has 0 radical (unpaired) electrons. The van der Waals surface area contributed by atoms with Gasteiger partial charge >= 0.3 is 6.03 Å². The highest BCUT2D eigenvalue weighted by Crippen LogP contribution is 2.03. The van der Waals surface area contributed by atoms with Gasteiger partial charge in [-0.1, -0.05) is 5.92 Å². The molecule has 0 bridgehead atoms. The van der Waals surface area contributed by atoms with E-state index >= 15 is 0 Å². The van der Waals surface area contributed by atoms with E-state index in [1.807, 2.05) is 6.92 Å². The van der Waals surface area contributed by atoms with E-state index in [2.05, 4.69) is 11.2 Å². The number of terminal acetylenes is 1. The summed E-state index contributed by atoms with van der Waals surface area (Å²) in [6, 6.07) is -0.128. The molecule has 0 unspecified atom stereocenters. The summed E-state index contributed by atoms with van der Waals surface area (Å²) in [6.45, 7) is 3.40. The zero-order chi connectivity index (χ0) is 8.27. The molecule has 1 saturated heterocycles. The lowest BCUT2D eigenvalue weighted by atomic mass is 10.2. The first-order chi connectivity index (χ1) is 5.25. The Labute approximate surface area is 66.8 Å². The summed E-state index contributed by atoms with van der Waals surface area (Å²) >= 11 is 0. The van der Waals surface area contributed by atoms with Crippen molar-refractivity contribution < 1.29 is 4.79 Å². The number of urea groups is 1. The number of hydrogen-bond donors (Lipinski definition) is 1. The minimum Gasteiger partial charge on any atom is -0.338 e. The van der Waals surface area contributed by atoms with Crippen LogP contribution in [0.1, 0.15) is 13.3 Å². The van der Waals surface area contributed by atoms with Crippen molar-refractivity contribution in [2.75, 3.05) is 13.1 Å². The molecule has 0 aromatic carbocycles. The molecule has 1 N–H and O–H groups in total. The topological polar surface area (TPSA) is 32.3 Å². The molecule has 0 saturated carbocycles. The molecule has 0 spiro atoms. The summed E-state index contributed by atoms with van der Waals surface area (Å²) in [6.07, 6.45) is 6.18. The van der Waals surface area contributed by atoms with Gasteiger partial charge in [0, 0.05) is 13.1 Å². The average Bonchev–Trinajstić information content (AvgIpc) is 2.04. The first kappa shape index (κ1) is 7.93. The van der Waals surface area contributed by atoms with Gasteiger partial charge in [-0.3, -0.25) is 0 Å². The largest absolute Gasteiger partial charge is 0.338 e. The average molecular weight is 152 g/mol. The monoisotopic (exact) mass is 152 g/mol. The first-order valence-electron chi connectivity index (χ1n) is 3.76. The fraction of sp³-hybridized carbons (Fsp3) is 0.625. The molecule has 1 aliphatic heterocycles. The van der Waals surface area contributed by atoms with Crippen LogP contribution in [0.3, 0.4) is 0 Å². The fourth-order valence-electron chi connectivity index (χ4n) is 1.11. The Balaban J connectivity index is 2.56. The number of nitrogens with zero attached hydrogens (tertiary/aromatic N) is 1. The summed E-state index contributed by atoms with van der Waals surface area (Å²) in [5.74, 6) is 2.53. The molecule has 2 amide bonds. The second-order valence-corrected chi connectivity index (χ2v) is 2.62. The maximum atomic E-state index is 11.1. The highest BCUT2D eigenvalue weighted by Gasteiger charge is 2.20. The predicted molar refractivity (Wildman–Crippen MR) is 43.0 cm³/mol. The van der Waals surface area contributed by atoms with Gasteiger partial charge in [0.1, 0.15) is 0 Å². The van der Waals surface area contributed by atoms with Crippen molar-refractivity contribution in [1.82, 2.24) is 10.2 Å². The van der Waals surface area contributed by atoms with Crippen LogP contribution in [0.4, 0.5) is 4.79 Å². The normalized spacial score (nSPS) is 20.4. The Morgan fingerprint density at radius 2 is 2.55 bits per heavy atom. The van der Waals surface area contributed by atoms with Crippen LogP contribution in [0.2, 0.25) is 0 Å². The number of hydrogen-bond acceptors (Lipinski definition) is 1. The fourth-order valence-corrected chi connectivity index (χ4v) is 1.11. The van der Waals surface area contributed by atoms with Gasteiger partial charge < -0.3 is 10.2 Å². The molecule has 1 heterocycles. The van der Waals surface area contributed by atoms with E-state index in [-0.39, 0.29) is 12.1 Å². The number of carbonyl (C=O) groups excluding carboxylic acids is 1. The van der Waals surface area contributed by atoms with Gasteiger partial charge in [-0.05, 0) is 13.3 Å². The Hall–Kier alpha value is -1.17. The van der Waals surface area contributed by atoms with Gasteiger partial charge in [0.25, 0.3) is 0 Å². The minimum absolute atomic E-state index is 0.0401. The molecule has 0 aromatic heterocycles. The van der Waals surface area contributed by atoms with Crippen LogP contribution in [-0.2, 0) is 0 Å². The van der Waals surface area contributed by atoms with Gasteiger partial charge in [-0.15, -0.1) is 6.42 Å². The maximum absolute atomic E-state index is 11.1. The molecule has 1 rings (SSSR count). The number of amides is 2. The summed E-state index contributed by atoms with van der Waals surface area (Å²) in [5, 5.41) is 2.74. The zero-order valence-corrected chi connectivity index (χ0v) is 6.63. The lowest BCUT2D eigenvalue weighted by Gasteiger charge is -2.29. The Kier molecular flexibility index (Phi) is 2.37. The van der Waals surface area contributed by atoms with E-state index < -0.39 is 0 Å². The standard InChI is InChI=1S/C8H12N2O/c1-3-7(2)10-6-4-5-9-8(10)11/h1,7H,4-6H2,2H3,(H,9,11)/t7-/m1/s1. The lowest BCUT2D eigenvalue weighted by molar-refractivity contribution is 0.178. The third kappa shape index (κ3) is 1.64. The first-order valence-corrected chi connectivity index (χ1v) is 3.76. The third-order valence-electron chi connectivity index (χ3n) is 1.82. The van der Waals surface area contributed by atoms with Crippen molar-refractivity contribution >= 4 is 6.03 Å². The summed E-state index contributed by atoms with van der Waals surface area (Å²) in [4.78, 5) is 12.8. The second kappa shape index (κ2) is 3.29. The van der Waals surface area contributed by atoms with Crippen LogP contribution < -0.4 is 5.32 Å². The highest BCUT2D eigenvalue weighted by atomic mass is 16.2. The van der Waals surface area contributed by atoms with Gasteiger partial charge in [0.15, 0.2) is 0 Å². The molecule has 3 heteroatoms. The van der Waals surface area contributed by atoms with E-state index in [1.54, 1.807) is 4.90 Å². The molecule has 3 nitrogen and oxygen atoms in total. The lowest BCUT2D eigenvalue weighted by Crippen LogP contribution is -2.49. The molecule has 1 aliphatic rings. The molecular formula is C8H12N2O. The molecule has 60 valence electrons. The third-order valence-corrected chi connectivity index (χ3v) is 1.82. The smallest absolute Gasteiger partial charge is 0.318 e. The molecule has 0 aromatic rings. The van der Waals surface area contributed by atoms with Gasteiger partial charge in [0.2, 0.25) is 0 Å². The Morgan fingerprint density at radius 3 is 3.09 bits per heavy atom. The summed E-state index contributed by atoms with van der Waals surface area (Å²) in [7, 11) is 0. The number of carbonyl (C=O) groups is 1. The van der Waals surface area contributed by atoms with Crippen LogP contribution in [0, 0.1) is 12.3 Å². The molecule has 1 atom stereocenters. The Morgan fingerprint density at radius 1 is 1.82 bits per heavy atom. The minimum atomic E-state index is -0.0877. The maximum Gasteiger partial charge on any atom is 0.318 e. The number of rotatable bonds is 1. The van der Waals surface area contributed by atoms with Crippen molar-refractivity contribution in [3.05, 3.63) is 0 Å². The molecular weight excluding hydrogens is 140 g/mol. The van der Waals surface area contributed by atoms with Crippen molar-refractivity contribution in [3.8, 4) is 12.3 Å². The van der Waals surface area contributed by atoms with Crippen molar-refractivity contribution in [3.63, 3.8) is 0 Å². The SMILES string of the molecule is C#C[C@@H](C)N1CCCNC1=O. The zero-order valence-electron chi connectivity index (χ0n) is 6.63. The highest BCUT2D eigenvalue weighted by molar-refractivity contribution is 5.75. The van der Waals surface area contributed by atoms with E-state index in [0.29, 0.717) is 0 Å². The van der Waals surface area contributed by atoms with Crippen LogP contribution in [0.15, 0.2) is 0 Å². The van der Waals surface area contributed by atoms with Gasteiger partial charge in [0.05, 0.1) is 6.04 Å². The van der Waals surface area contributed by atoms with Crippen LogP contribution in [0.25, 0.3) is 0 Å². The Bertz CT molecular complexity index is 195. The molecule has 11 heavy (non-hydrogen) atoms. The molecule has 0 aliphatic carbocycles. The second-order valence-electron chi connectivity index (χ2n) is 2.62. The van der Waals surface area contributed by atoms with Crippen LogP contribution in [0.5, 0.6) is 0 Å². The van der Waals surface area contributed by atoms with E-state index in [0.717, 1.165) is 19.5 Å². The van der Waals surface area contributed by atoms with E-state index in [9.17, 15) is 4.79 Å². The number of nitrogens with one attached hydrogen (secondary N) is 1. The molecule has 1 fully saturated rings. The van der Waals surface area contributed by atoms with Crippen molar-refractivity contribution in [2.45, 2.75) is 19.4 Å². The van der Waals surface area contributed by atoms with E-state index in [4.69, 9.17) is 6.42 Å². The summed E-state index contributed by atoms with van der Waals surface area (Å²) in [5.41, 5.74) is 0.